The van der Waals surface area contributed by atoms with Gasteiger partial charge in [0.1, 0.15) is 12.9 Å². The Kier molecular flexibility index (Phi) is 8.90. The number of aromatic nitrogens is 3. The van der Waals surface area contributed by atoms with E-state index in [1.54, 1.807) is 0 Å². The van der Waals surface area contributed by atoms with Gasteiger partial charge < -0.3 is 11.1 Å². The van der Waals surface area contributed by atoms with Crippen LogP contribution in [0, 0.1) is 5.41 Å². The molecule has 0 spiro atoms. The number of anilines is 1. The van der Waals surface area contributed by atoms with Crippen LogP contribution in [0.4, 0.5) is 5.95 Å². The lowest BCUT2D eigenvalue weighted by molar-refractivity contribution is -0.125. The highest BCUT2D eigenvalue weighted by Crippen LogP contribution is 2.26. The molecule has 1 aromatic carbocycles. The molecule has 2 amide bonds. The largest absolute Gasteiger partial charge is 0.350 e. The van der Waals surface area contributed by atoms with Crippen LogP contribution in [-0.4, -0.2) is 33.1 Å². The van der Waals surface area contributed by atoms with Crippen LogP contribution in [-0.2, 0) is 22.7 Å². The molecule has 0 saturated heterocycles. The number of nitrogens with two attached hydrogens (primary N) is 1. The number of benzene rings is 1. The highest BCUT2D eigenvalue weighted by Gasteiger charge is 2.33. The first-order chi connectivity index (χ1) is 12.5. The maximum absolute atomic E-state index is 12.5. The molecular weight excluding hydrogens is 368 g/mol. The van der Waals surface area contributed by atoms with E-state index in [1.807, 2.05) is 44.2 Å². The van der Waals surface area contributed by atoms with E-state index in [-0.39, 0.29) is 43.3 Å². The van der Waals surface area contributed by atoms with Crippen molar-refractivity contribution in [2.45, 2.75) is 39.8 Å². The van der Waals surface area contributed by atoms with Crippen LogP contribution >= 0.6 is 12.4 Å². The highest BCUT2D eigenvalue weighted by molar-refractivity contribution is 5.94. The van der Waals surface area contributed by atoms with Gasteiger partial charge in [-0.05, 0) is 18.4 Å². The molecular formula is C18H27ClN6O2. The fourth-order valence-corrected chi connectivity index (χ4v) is 2.61. The minimum Gasteiger partial charge on any atom is -0.350 e. The summed E-state index contributed by atoms with van der Waals surface area (Å²) in [6, 6.07) is 9.64. The Hall–Kier alpha value is -2.45. The van der Waals surface area contributed by atoms with Gasteiger partial charge in [0.15, 0.2) is 0 Å². The van der Waals surface area contributed by atoms with E-state index in [9.17, 15) is 9.59 Å². The van der Waals surface area contributed by atoms with E-state index < -0.39 is 5.41 Å². The molecule has 27 heavy (non-hydrogen) atoms. The normalized spacial score (nSPS) is 10.8. The smallest absolute Gasteiger partial charge is 0.248 e. The van der Waals surface area contributed by atoms with Gasteiger partial charge in [-0.1, -0.05) is 44.2 Å². The fourth-order valence-electron chi connectivity index (χ4n) is 2.61. The number of nitrogens with zero attached hydrogens (tertiary/aromatic N) is 3. The Morgan fingerprint density at radius 2 is 1.85 bits per heavy atom. The molecule has 0 radical (unpaired) electrons. The Morgan fingerprint density at radius 3 is 2.44 bits per heavy atom. The van der Waals surface area contributed by atoms with Gasteiger partial charge in [-0.15, -0.1) is 17.5 Å². The molecule has 0 fully saturated rings. The molecule has 1 heterocycles. The van der Waals surface area contributed by atoms with Crippen LogP contribution in [0.1, 0.15) is 32.3 Å². The first-order valence-electron chi connectivity index (χ1n) is 8.74. The molecule has 0 aliphatic rings. The van der Waals surface area contributed by atoms with Gasteiger partial charge in [0.25, 0.3) is 0 Å². The zero-order valence-electron chi connectivity index (χ0n) is 15.6. The number of carbonyl (C=O) groups excluding carboxylic acids is 2. The summed E-state index contributed by atoms with van der Waals surface area (Å²) in [7, 11) is 0. The molecule has 0 unspecified atom stereocenters. The van der Waals surface area contributed by atoms with Crippen molar-refractivity contribution in [3.05, 3.63) is 42.2 Å². The predicted molar refractivity (Wildman–Crippen MR) is 106 cm³/mol. The SMILES string of the molecule is CCC(CC)(CN)C(=O)Nc1ncn(CC(=O)NCc2ccccc2)n1.Cl. The van der Waals surface area contributed by atoms with Gasteiger partial charge in [0.2, 0.25) is 17.8 Å². The van der Waals surface area contributed by atoms with Gasteiger partial charge in [0, 0.05) is 13.1 Å². The molecule has 9 heteroatoms. The molecule has 0 aliphatic heterocycles. The van der Waals surface area contributed by atoms with Crippen molar-refractivity contribution in [3.8, 4) is 0 Å². The predicted octanol–water partition coefficient (Wildman–Crippen LogP) is 1.72. The standard InChI is InChI=1S/C18H26N6O2.ClH/c1-3-18(4-2,12-19)16(26)22-17-21-13-24(23-17)11-15(25)20-10-14-8-6-5-7-9-14;/h5-9,13H,3-4,10-12,19H2,1-2H3,(H,20,25)(H,22,23,26);1H. The topological polar surface area (TPSA) is 115 Å². The van der Waals surface area contributed by atoms with Crippen LogP contribution in [0.3, 0.4) is 0 Å². The Bertz CT molecular complexity index is 722. The number of carbonyl (C=O) groups is 2. The van der Waals surface area contributed by atoms with E-state index in [4.69, 9.17) is 5.73 Å². The summed E-state index contributed by atoms with van der Waals surface area (Å²) in [6.07, 6.45) is 2.68. The minimum absolute atomic E-state index is 0. The summed E-state index contributed by atoms with van der Waals surface area (Å²) in [5, 5.41) is 9.64. The van der Waals surface area contributed by atoms with E-state index in [1.165, 1.54) is 11.0 Å². The van der Waals surface area contributed by atoms with Crippen LogP contribution in [0.2, 0.25) is 0 Å². The van der Waals surface area contributed by atoms with Gasteiger partial charge in [-0.2, -0.15) is 0 Å². The molecule has 1 aromatic heterocycles. The monoisotopic (exact) mass is 394 g/mol. The van der Waals surface area contributed by atoms with Gasteiger partial charge in [-0.3, -0.25) is 14.9 Å². The Morgan fingerprint density at radius 1 is 1.19 bits per heavy atom. The molecule has 0 bridgehead atoms. The number of nitrogens with one attached hydrogen (secondary N) is 2. The second-order valence-corrected chi connectivity index (χ2v) is 6.17. The van der Waals surface area contributed by atoms with E-state index in [0.29, 0.717) is 19.4 Å². The van der Waals surface area contributed by atoms with Crippen LogP contribution in [0.25, 0.3) is 0 Å². The Balaban J connectivity index is 0.00000364. The first-order valence-corrected chi connectivity index (χ1v) is 8.74. The maximum Gasteiger partial charge on any atom is 0.248 e. The third-order valence-corrected chi connectivity index (χ3v) is 4.63. The zero-order chi connectivity index (χ0) is 19.0. The fraction of sp³-hybridized carbons (Fsp3) is 0.444. The lowest BCUT2D eigenvalue weighted by Crippen LogP contribution is -2.41. The van der Waals surface area contributed by atoms with E-state index >= 15 is 0 Å². The number of halogens is 1. The lowest BCUT2D eigenvalue weighted by Gasteiger charge is -2.27. The minimum atomic E-state index is -0.626. The maximum atomic E-state index is 12.5. The summed E-state index contributed by atoms with van der Waals surface area (Å²) in [4.78, 5) is 28.5. The second kappa shape index (κ2) is 10.6. The van der Waals surface area contributed by atoms with Crippen LogP contribution < -0.4 is 16.4 Å². The molecule has 0 aliphatic carbocycles. The van der Waals surface area contributed by atoms with Crippen LogP contribution in [0.15, 0.2) is 36.7 Å². The molecule has 2 rings (SSSR count). The average Bonchev–Trinajstić information content (AvgIpc) is 3.09. The third-order valence-electron chi connectivity index (χ3n) is 4.63. The number of hydrogen-bond donors (Lipinski definition) is 3. The second-order valence-electron chi connectivity index (χ2n) is 6.17. The summed E-state index contributed by atoms with van der Waals surface area (Å²) in [5.74, 6) is -0.211. The molecule has 148 valence electrons. The third kappa shape index (κ3) is 6.04. The van der Waals surface area contributed by atoms with Gasteiger partial charge in [-0.25, -0.2) is 9.67 Å². The quantitative estimate of drug-likeness (QED) is 0.599. The number of rotatable bonds is 9. The van der Waals surface area contributed by atoms with Crippen molar-refractivity contribution in [1.82, 2.24) is 20.1 Å². The molecule has 0 saturated carbocycles. The van der Waals surface area contributed by atoms with Gasteiger partial charge >= 0.3 is 0 Å². The van der Waals surface area contributed by atoms with Crippen molar-refractivity contribution in [2.24, 2.45) is 11.1 Å². The summed E-state index contributed by atoms with van der Waals surface area (Å²) >= 11 is 0. The van der Waals surface area contributed by atoms with E-state index in [0.717, 1.165) is 5.56 Å². The van der Waals surface area contributed by atoms with Crippen molar-refractivity contribution >= 4 is 30.2 Å². The van der Waals surface area contributed by atoms with Crippen molar-refractivity contribution < 1.29 is 9.59 Å². The van der Waals surface area contributed by atoms with E-state index in [2.05, 4.69) is 20.7 Å². The first kappa shape index (κ1) is 22.6. The lowest BCUT2D eigenvalue weighted by atomic mass is 9.81. The molecule has 2 aromatic rings. The Labute approximate surface area is 165 Å². The van der Waals surface area contributed by atoms with Crippen molar-refractivity contribution in [2.75, 3.05) is 11.9 Å². The summed E-state index contributed by atoms with van der Waals surface area (Å²) in [6.45, 7) is 4.59. The van der Waals surface area contributed by atoms with Crippen LogP contribution in [0.5, 0.6) is 0 Å². The highest BCUT2D eigenvalue weighted by atomic mass is 35.5. The average molecular weight is 395 g/mol. The number of hydrogen-bond acceptors (Lipinski definition) is 5. The van der Waals surface area contributed by atoms with Crippen molar-refractivity contribution in [3.63, 3.8) is 0 Å². The summed E-state index contributed by atoms with van der Waals surface area (Å²) in [5.41, 5.74) is 6.17. The number of amides is 2. The van der Waals surface area contributed by atoms with Crippen molar-refractivity contribution in [1.29, 1.82) is 0 Å². The molecule has 4 N–H and O–H groups in total. The van der Waals surface area contributed by atoms with Gasteiger partial charge in [0.05, 0.1) is 5.41 Å². The summed E-state index contributed by atoms with van der Waals surface area (Å²) < 4.78 is 1.39. The molecule has 0 atom stereocenters. The zero-order valence-corrected chi connectivity index (χ0v) is 16.5. The molecule has 8 nitrogen and oxygen atoms in total.